The number of carbonyl (C=O) groups is 2. The van der Waals surface area contributed by atoms with Gasteiger partial charge in [-0.25, -0.2) is 4.68 Å². The number of amides is 1. The zero-order valence-corrected chi connectivity index (χ0v) is 14.4. The Hall–Kier alpha value is -3.52. The van der Waals surface area contributed by atoms with Crippen LogP contribution in [0.5, 0.6) is 0 Å². The quantitative estimate of drug-likeness (QED) is 0.583. The third kappa shape index (κ3) is 4.77. The number of nitrogens with one attached hydrogen (secondary N) is 1. The van der Waals surface area contributed by atoms with Crippen molar-refractivity contribution < 1.29 is 14.7 Å². The van der Waals surface area contributed by atoms with E-state index in [1.54, 1.807) is 30.6 Å². The molecule has 1 amide bonds. The Bertz CT molecular complexity index is 925. The van der Waals surface area contributed by atoms with Crippen LogP contribution >= 0.6 is 0 Å². The molecule has 8 heteroatoms. The van der Waals surface area contributed by atoms with E-state index in [0.717, 1.165) is 11.1 Å². The van der Waals surface area contributed by atoms with Gasteiger partial charge in [-0.05, 0) is 24.1 Å². The number of anilines is 1. The molecule has 0 bridgehead atoms. The minimum atomic E-state index is -1.07. The summed E-state index contributed by atoms with van der Waals surface area (Å²) in [5, 5.41) is 16.1. The standard InChI is InChI=1S/C19H19N5O3/c20-15(10-13-4-2-1-3-5-13)19(27)22-17-11-16(14-6-8-21-9-7-14)23-24(17)12-18(25)26/h1-9,11,15H,10,12,20H2,(H,22,27)(H,25,26). The van der Waals surface area contributed by atoms with Crippen molar-refractivity contribution in [3.05, 3.63) is 66.5 Å². The van der Waals surface area contributed by atoms with Crippen LogP contribution < -0.4 is 11.1 Å². The molecule has 2 aromatic heterocycles. The average Bonchev–Trinajstić information content (AvgIpc) is 3.05. The Kier molecular flexibility index (Phi) is 5.58. The molecule has 27 heavy (non-hydrogen) atoms. The SMILES string of the molecule is NC(Cc1ccccc1)C(=O)Nc1cc(-c2ccncc2)nn1CC(=O)O. The van der Waals surface area contributed by atoms with E-state index < -0.39 is 17.9 Å². The monoisotopic (exact) mass is 365 g/mol. The molecule has 0 saturated heterocycles. The zero-order valence-electron chi connectivity index (χ0n) is 14.4. The first-order chi connectivity index (χ1) is 13.0. The van der Waals surface area contributed by atoms with Gasteiger partial charge in [-0.3, -0.25) is 14.6 Å². The Labute approximate surface area is 155 Å². The second kappa shape index (κ2) is 8.24. The summed E-state index contributed by atoms with van der Waals surface area (Å²) in [5.41, 5.74) is 8.24. The molecule has 1 unspecified atom stereocenters. The molecule has 0 fully saturated rings. The molecule has 1 atom stereocenters. The molecule has 2 heterocycles. The molecule has 1 aromatic carbocycles. The highest BCUT2D eigenvalue weighted by atomic mass is 16.4. The summed E-state index contributed by atoms with van der Waals surface area (Å²) < 4.78 is 1.23. The number of hydrogen-bond acceptors (Lipinski definition) is 5. The number of carboxylic acid groups (broad SMARTS) is 1. The highest BCUT2D eigenvalue weighted by molar-refractivity contribution is 5.94. The van der Waals surface area contributed by atoms with Crippen LogP contribution in [0.25, 0.3) is 11.3 Å². The number of benzene rings is 1. The first kappa shape index (κ1) is 18.3. The van der Waals surface area contributed by atoms with E-state index >= 15 is 0 Å². The second-order valence-corrected chi connectivity index (χ2v) is 5.99. The third-order valence-electron chi connectivity index (χ3n) is 3.93. The summed E-state index contributed by atoms with van der Waals surface area (Å²) in [6.45, 7) is -0.380. The van der Waals surface area contributed by atoms with Crippen LogP contribution in [0.4, 0.5) is 5.82 Å². The maximum absolute atomic E-state index is 12.5. The van der Waals surface area contributed by atoms with Crippen molar-refractivity contribution in [3.63, 3.8) is 0 Å². The summed E-state index contributed by atoms with van der Waals surface area (Å²) >= 11 is 0. The fraction of sp³-hybridized carbons (Fsp3) is 0.158. The summed E-state index contributed by atoms with van der Waals surface area (Å²) in [5.74, 6) is -1.20. The van der Waals surface area contributed by atoms with Crippen LogP contribution in [0, 0.1) is 0 Å². The van der Waals surface area contributed by atoms with Gasteiger partial charge in [-0.15, -0.1) is 0 Å². The molecule has 0 saturated carbocycles. The molecule has 4 N–H and O–H groups in total. The number of aliphatic carboxylic acids is 1. The molecular weight excluding hydrogens is 346 g/mol. The van der Waals surface area contributed by atoms with Gasteiger partial charge >= 0.3 is 5.97 Å². The van der Waals surface area contributed by atoms with E-state index in [2.05, 4.69) is 15.4 Å². The number of nitrogens with zero attached hydrogens (tertiary/aromatic N) is 3. The maximum atomic E-state index is 12.5. The lowest BCUT2D eigenvalue weighted by Gasteiger charge is -2.13. The molecule has 0 radical (unpaired) electrons. The summed E-state index contributed by atoms with van der Waals surface area (Å²) in [6, 6.07) is 13.8. The molecule has 0 aliphatic carbocycles. The Morgan fingerprint density at radius 3 is 2.52 bits per heavy atom. The van der Waals surface area contributed by atoms with E-state index in [1.165, 1.54) is 4.68 Å². The van der Waals surface area contributed by atoms with Crippen LogP contribution in [0.3, 0.4) is 0 Å². The summed E-state index contributed by atoms with van der Waals surface area (Å²) in [6.07, 6.45) is 3.59. The normalized spacial score (nSPS) is 11.7. The molecule has 8 nitrogen and oxygen atoms in total. The lowest BCUT2D eigenvalue weighted by atomic mass is 10.1. The zero-order chi connectivity index (χ0) is 19.2. The lowest BCUT2D eigenvalue weighted by Crippen LogP contribution is -2.38. The van der Waals surface area contributed by atoms with E-state index in [0.29, 0.717) is 12.1 Å². The predicted octanol–water partition coefficient (Wildman–Crippen LogP) is 1.54. The van der Waals surface area contributed by atoms with Crippen LogP contribution in [-0.2, 0) is 22.6 Å². The Morgan fingerprint density at radius 2 is 1.85 bits per heavy atom. The minimum absolute atomic E-state index is 0.276. The van der Waals surface area contributed by atoms with E-state index in [1.807, 2.05) is 30.3 Å². The summed E-state index contributed by atoms with van der Waals surface area (Å²) in [7, 11) is 0. The topological polar surface area (TPSA) is 123 Å². The van der Waals surface area contributed by atoms with E-state index in [9.17, 15) is 9.59 Å². The highest BCUT2D eigenvalue weighted by Crippen LogP contribution is 2.21. The van der Waals surface area contributed by atoms with Crippen molar-refractivity contribution in [1.29, 1.82) is 0 Å². The predicted molar refractivity (Wildman–Crippen MR) is 99.8 cm³/mol. The average molecular weight is 365 g/mol. The van der Waals surface area contributed by atoms with Gasteiger partial charge in [0.15, 0.2) is 0 Å². The number of carboxylic acids is 1. The largest absolute Gasteiger partial charge is 0.480 e. The van der Waals surface area contributed by atoms with Gasteiger partial charge in [0.1, 0.15) is 12.4 Å². The fourth-order valence-electron chi connectivity index (χ4n) is 2.61. The van der Waals surface area contributed by atoms with E-state index in [-0.39, 0.29) is 12.4 Å². The number of nitrogens with two attached hydrogens (primary N) is 1. The molecule has 0 spiro atoms. The third-order valence-corrected chi connectivity index (χ3v) is 3.93. The van der Waals surface area contributed by atoms with Gasteiger partial charge in [-0.2, -0.15) is 5.10 Å². The number of aromatic nitrogens is 3. The van der Waals surface area contributed by atoms with Gasteiger partial charge in [0, 0.05) is 24.0 Å². The van der Waals surface area contributed by atoms with Crippen molar-refractivity contribution in [2.75, 3.05) is 5.32 Å². The molecule has 3 rings (SSSR count). The first-order valence-electron chi connectivity index (χ1n) is 8.33. The molecule has 138 valence electrons. The molecular formula is C19H19N5O3. The van der Waals surface area contributed by atoms with Gasteiger partial charge in [0.05, 0.1) is 11.7 Å². The fourth-order valence-corrected chi connectivity index (χ4v) is 2.61. The number of carbonyl (C=O) groups excluding carboxylic acids is 1. The van der Waals surface area contributed by atoms with Gasteiger partial charge in [-0.1, -0.05) is 30.3 Å². The molecule has 3 aromatic rings. The summed E-state index contributed by atoms with van der Waals surface area (Å²) in [4.78, 5) is 27.5. The van der Waals surface area contributed by atoms with Crippen LogP contribution in [-0.4, -0.2) is 37.8 Å². The Morgan fingerprint density at radius 1 is 1.15 bits per heavy atom. The van der Waals surface area contributed by atoms with Gasteiger partial charge < -0.3 is 16.2 Å². The van der Waals surface area contributed by atoms with Crippen LogP contribution in [0.15, 0.2) is 60.9 Å². The van der Waals surface area contributed by atoms with Crippen molar-refractivity contribution in [2.24, 2.45) is 5.73 Å². The molecule has 0 aliphatic heterocycles. The van der Waals surface area contributed by atoms with Crippen LogP contribution in [0.1, 0.15) is 5.56 Å². The van der Waals surface area contributed by atoms with Crippen molar-refractivity contribution in [2.45, 2.75) is 19.0 Å². The van der Waals surface area contributed by atoms with Crippen molar-refractivity contribution in [3.8, 4) is 11.3 Å². The number of pyridine rings is 1. The Balaban J connectivity index is 1.79. The smallest absolute Gasteiger partial charge is 0.325 e. The van der Waals surface area contributed by atoms with Crippen LogP contribution in [0.2, 0.25) is 0 Å². The number of rotatable bonds is 7. The lowest BCUT2D eigenvalue weighted by molar-refractivity contribution is -0.137. The minimum Gasteiger partial charge on any atom is -0.480 e. The van der Waals surface area contributed by atoms with Gasteiger partial charge in [0.2, 0.25) is 5.91 Å². The van der Waals surface area contributed by atoms with Crippen molar-refractivity contribution >= 4 is 17.7 Å². The van der Waals surface area contributed by atoms with Gasteiger partial charge in [0.25, 0.3) is 0 Å². The molecule has 0 aliphatic rings. The maximum Gasteiger partial charge on any atom is 0.325 e. The van der Waals surface area contributed by atoms with E-state index in [4.69, 9.17) is 10.8 Å². The first-order valence-corrected chi connectivity index (χ1v) is 8.33. The van der Waals surface area contributed by atoms with Crippen molar-refractivity contribution in [1.82, 2.24) is 14.8 Å². The second-order valence-electron chi connectivity index (χ2n) is 5.99. The highest BCUT2D eigenvalue weighted by Gasteiger charge is 2.18. The number of hydrogen-bond donors (Lipinski definition) is 3.